The van der Waals surface area contributed by atoms with Gasteiger partial charge in [0.25, 0.3) is 0 Å². The second-order valence-corrected chi connectivity index (χ2v) is 6.55. The van der Waals surface area contributed by atoms with E-state index in [1.807, 2.05) is 12.1 Å². The van der Waals surface area contributed by atoms with Gasteiger partial charge in [0.05, 0.1) is 12.5 Å². The highest BCUT2D eigenvalue weighted by Gasteiger charge is 2.28. The summed E-state index contributed by atoms with van der Waals surface area (Å²) in [5.41, 5.74) is 6.61. The Labute approximate surface area is 142 Å². The van der Waals surface area contributed by atoms with Gasteiger partial charge in [-0.3, -0.25) is 9.59 Å². The van der Waals surface area contributed by atoms with Crippen molar-refractivity contribution in [3.63, 3.8) is 0 Å². The summed E-state index contributed by atoms with van der Waals surface area (Å²) in [5.74, 6) is 0.121. The number of benzene rings is 1. The maximum atomic E-state index is 12.4. The molecular weight excluding hydrogens is 314 g/mol. The molecule has 3 unspecified atom stereocenters. The quantitative estimate of drug-likeness (QED) is 0.743. The maximum absolute atomic E-state index is 12.4. The van der Waals surface area contributed by atoms with Gasteiger partial charge in [0.1, 0.15) is 0 Å². The molecule has 0 heterocycles. The second-order valence-electron chi connectivity index (χ2n) is 6.11. The lowest BCUT2D eigenvalue weighted by Gasteiger charge is -2.22. The largest absolute Gasteiger partial charge is 0.353 e. The minimum absolute atomic E-state index is 0.0657. The fourth-order valence-corrected chi connectivity index (χ4v) is 3.28. The molecule has 1 saturated carbocycles. The third kappa shape index (κ3) is 5.22. The van der Waals surface area contributed by atoms with Crippen molar-refractivity contribution < 1.29 is 9.59 Å². The highest BCUT2D eigenvalue weighted by Crippen LogP contribution is 2.25. The molecule has 0 spiro atoms. The summed E-state index contributed by atoms with van der Waals surface area (Å²) >= 11 is 5.89. The Morgan fingerprint density at radius 1 is 1.30 bits per heavy atom. The Balaban J connectivity index is 2.00. The van der Waals surface area contributed by atoms with Gasteiger partial charge in [-0.05, 0) is 43.0 Å². The van der Waals surface area contributed by atoms with E-state index in [1.54, 1.807) is 12.1 Å². The summed E-state index contributed by atoms with van der Waals surface area (Å²) in [6.45, 7) is 2.04. The second kappa shape index (κ2) is 8.31. The summed E-state index contributed by atoms with van der Waals surface area (Å²) in [6.07, 6.45) is 3.33. The van der Waals surface area contributed by atoms with Gasteiger partial charge in [0, 0.05) is 18.0 Å². The Hall–Kier alpha value is -1.59. The number of carbonyl (C=O) groups is 2. The zero-order valence-electron chi connectivity index (χ0n) is 13.3. The van der Waals surface area contributed by atoms with Crippen LogP contribution in [0, 0.1) is 5.92 Å². The molecule has 1 aliphatic rings. The Morgan fingerprint density at radius 2 is 2.00 bits per heavy atom. The highest BCUT2D eigenvalue weighted by atomic mass is 35.5. The van der Waals surface area contributed by atoms with Gasteiger partial charge in [-0.25, -0.2) is 0 Å². The van der Waals surface area contributed by atoms with E-state index in [9.17, 15) is 9.59 Å². The first-order valence-electron chi connectivity index (χ1n) is 8.01. The Bertz CT molecular complexity index is 547. The van der Waals surface area contributed by atoms with Crippen molar-refractivity contribution in [1.29, 1.82) is 0 Å². The number of rotatable bonds is 6. The minimum Gasteiger partial charge on any atom is -0.353 e. The van der Waals surface area contributed by atoms with Crippen LogP contribution in [-0.4, -0.2) is 24.4 Å². The van der Waals surface area contributed by atoms with Crippen molar-refractivity contribution in [3.8, 4) is 0 Å². The van der Waals surface area contributed by atoms with Gasteiger partial charge >= 0.3 is 0 Å². The molecule has 2 rings (SSSR count). The molecule has 0 radical (unpaired) electrons. The molecule has 4 N–H and O–H groups in total. The van der Waals surface area contributed by atoms with Crippen LogP contribution in [0.3, 0.4) is 0 Å². The summed E-state index contributed by atoms with van der Waals surface area (Å²) in [4.78, 5) is 23.8. The van der Waals surface area contributed by atoms with Gasteiger partial charge in [-0.1, -0.05) is 30.2 Å². The van der Waals surface area contributed by atoms with Crippen LogP contribution < -0.4 is 16.4 Å². The van der Waals surface area contributed by atoms with Crippen molar-refractivity contribution in [2.45, 2.75) is 44.7 Å². The van der Waals surface area contributed by atoms with Crippen LogP contribution in [0.5, 0.6) is 0 Å². The lowest BCUT2D eigenvalue weighted by molar-refractivity contribution is -0.123. The number of nitrogens with two attached hydrogens (primary N) is 1. The molecule has 0 saturated heterocycles. The molecule has 1 aliphatic carbocycles. The number of nitrogens with one attached hydrogen (secondary N) is 2. The molecule has 23 heavy (non-hydrogen) atoms. The summed E-state index contributed by atoms with van der Waals surface area (Å²) < 4.78 is 0. The van der Waals surface area contributed by atoms with E-state index in [0.717, 1.165) is 24.8 Å². The van der Waals surface area contributed by atoms with Gasteiger partial charge in [0.2, 0.25) is 11.8 Å². The molecule has 1 aromatic rings. The molecule has 126 valence electrons. The fourth-order valence-electron chi connectivity index (χ4n) is 3.15. The molecule has 5 nitrogen and oxygen atoms in total. The predicted octanol–water partition coefficient (Wildman–Crippen LogP) is 2.15. The normalized spacial score (nSPS) is 21.7. The van der Waals surface area contributed by atoms with Crippen LogP contribution in [0.1, 0.15) is 44.2 Å². The molecule has 0 aromatic heterocycles. The van der Waals surface area contributed by atoms with E-state index in [1.165, 1.54) is 6.92 Å². The zero-order chi connectivity index (χ0) is 16.8. The van der Waals surface area contributed by atoms with E-state index in [2.05, 4.69) is 10.6 Å². The topological polar surface area (TPSA) is 84.2 Å². The van der Waals surface area contributed by atoms with Crippen molar-refractivity contribution in [2.24, 2.45) is 11.7 Å². The number of carbonyl (C=O) groups excluding carboxylic acids is 2. The van der Waals surface area contributed by atoms with Gasteiger partial charge < -0.3 is 16.4 Å². The average molecular weight is 338 g/mol. The Kier molecular flexibility index (Phi) is 6.42. The van der Waals surface area contributed by atoms with Crippen molar-refractivity contribution in [3.05, 3.63) is 34.9 Å². The maximum Gasteiger partial charge on any atom is 0.222 e. The summed E-state index contributed by atoms with van der Waals surface area (Å²) in [5, 5.41) is 6.52. The zero-order valence-corrected chi connectivity index (χ0v) is 14.1. The molecule has 1 fully saturated rings. The molecule has 1 aromatic carbocycles. The van der Waals surface area contributed by atoms with Crippen LogP contribution in [0.4, 0.5) is 0 Å². The Morgan fingerprint density at radius 3 is 2.61 bits per heavy atom. The summed E-state index contributed by atoms with van der Waals surface area (Å²) in [7, 11) is 0. The van der Waals surface area contributed by atoms with Gasteiger partial charge in [-0.15, -0.1) is 0 Å². The van der Waals surface area contributed by atoms with E-state index in [0.29, 0.717) is 17.5 Å². The smallest absolute Gasteiger partial charge is 0.222 e. The van der Waals surface area contributed by atoms with Crippen LogP contribution in [0.2, 0.25) is 5.02 Å². The van der Waals surface area contributed by atoms with E-state index >= 15 is 0 Å². The minimum atomic E-state index is -0.359. The lowest BCUT2D eigenvalue weighted by Crippen LogP contribution is -2.41. The highest BCUT2D eigenvalue weighted by molar-refractivity contribution is 6.30. The molecular formula is C17H24ClN3O2. The standard InChI is InChI=1S/C17H24ClN3O2/c1-11(22)20-16(12-5-7-14(18)8-6-12)9-17(23)21-15-4-2-3-13(15)10-19/h5-8,13,15-16H,2-4,9-10,19H2,1H3,(H,20,22)(H,21,23). The first kappa shape index (κ1) is 17.8. The first-order valence-corrected chi connectivity index (χ1v) is 8.39. The van der Waals surface area contributed by atoms with E-state index in [-0.39, 0.29) is 30.3 Å². The molecule has 0 aliphatic heterocycles. The number of amides is 2. The van der Waals surface area contributed by atoms with Gasteiger partial charge in [-0.2, -0.15) is 0 Å². The lowest BCUT2D eigenvalue weighted by atomic mass is 10.0. The number of hydrogen-bond donors (Lipinski definition) is 3. The van der Waals surface area contributed by atoms with E-state index in [4.69, 9.17) is 17.3 Å². The molecule has 6 heteroatoms. The molecule has 2 amide bonds. The van der Waals surface area contributed by atoms with Crippen LogP contribution >= 0.6 is 11.6 Å². The third-order valence-corrected chi connectivity index (χ3v) is 4.60. The first-order chi connectivity index (χ1) is 11.0. The van der Waals surface area contributed by atoms with Gasteiger partial charge in [0.15, 0.2) is 0 Å². The average Bonchev–Trinajstić information content (AvgIpc) is 2.94. The predicted molar refractivity (Wildman–Crippen MR) is 91.0 cm³/mol. The van der Waals surface area contributed by atoms with Crippen LogP contribution in [0.15, 0.2) is 24.3 Å². The van der Waals surface area contributed by atoms with Crippen LogP contribution in [-0.2, 0) is 9.59 Å². The van der Waals surface area contributed by atoms with Crippen molar-refractivity contribution in [2.75, 3.05) is 6.54 Å². The monoisotopic (exact) mass is 337 g/mol. The molecule has 3 atom stereocenters. The van der Waals surface area contributed by atoms with Crippen LogP contribution in [0.25, 0.3) is 0 Å². The SMILES string of the molecule is CC(=O)NC(CC(=O)NC1CCCC1CN)c1ccc(Cl)cc1. The molecule has 0 bridgehead atoms. The number of halogens is 1. The number of hydrogen-bond acceptors (Lipinski definition) is 3. The third-order valence-electron chi connectivity index (χ3n) is 4.35. The van der Waals surface area contributed by atoms with E-state index < -0.39 is 0 Å². The summed E-state index contributed by atoms with van der Waals surface area (Å²) in [6, 6.07) is 6.96. The van der Waals surface area contributed by atoms with Crippen molar-refractivity contribution in [1.82, 2.24) is 10.6 Å². The fraction of sp³-hybridized carbons (Fsp3) is 0.529. The van der Waals surface area contributed by atoms with Crippen molar-refractivity contribution >= 4 is 23.4 Å².